The van der Waals surface area contributed by atoms with Crippen molar-refractivity contribution in [2.24, 2.45) is 0 Å². The zero-order valence-corrected chi connectivity index (χ0v) is 9.83. The molecule has 0 spiro atoms. The van der Waals surface area contributed by atoms with E-state index in [1.54, 1.807) is 6.20 Å². The Kier molecular flexibility index (Phi) is 3.83. The molecule has 2 N–H and O–H groups in total. The highest BCUT2D eigenvalue weighted by Gasteiger charge is 2.22. The fraction of sp³-hybridized carbons (Fsp3) is 0.636. The monoisotopic (exact) mass is 241 g/mol. The van der Waals surface area contributed by atoms with Crippen LogP contribution in [0.3, 0.4) is 0 Å². The summed E-state index contributed by atoms with van der Waals surface area (Å²) in [4.78, 5) is 18.1. The van der Waals surface area contributed by atoms with E-state index in [0.29, 0.717) is 5.82 Å². The second-order valence-electron chi connectivity index (χ2n) is 4.17. The largest absolute Gasteiger partial charge is 0.361 e. The molecular formula is C11H16ClN3O. The summed E-state index contributed by atoms with van der Waals surface area (Å²) >= 11 is 6.29. The van der Waals surface area contributed by atoms with Gasteiger partial charge in [0.15, 0.2) is 5.82 Å². The summed E-state index contributed by atoms with van der Waals surface area (Å²) in [6.45, 7) is 0. The van der Waals surface area contributed by atoms with Crippen LogP contribution in [0, 0.1) is 0 Å². The molecule has 1 aliphatic carbocycles. The lowest BCUT2D eigenvalue weighted by atomic mass is 10.1. The van der Waals surface area contributed by atoms with E-state index in [9.17, 15) is 4.79 Å². The van der Waals surface area contributed by atoms with Gasteiger partial charge in [0, 0.05) is 18.4 Å². The Labute approximate surface area is 99.4 Å². The SMILES string of the molecule is O=c1[nH]ccnc1NC1CCCCCC1Cl. The van der Waals surface area contributed by atoms with Crippen molar-refractivity contribution in [2.75, 3.05) is 5.32 Å². The minimum Gasteiger partial charge on any atom is -0.361 e. The van der Waals surface area contributed by atoms with Crippen molar-refractivity contribution in [2.45, 2.75) is 43.5 Å². The summed E-state index contributed by atoms with van der Waals surface area (Å²) in [5.41, 5.74) is -0.185. The van der Waals surface area contributed by atoms with Gasteiger partial charge >= 0.3 is 0 Å². The van der Waals surface area contributed by atoms with E-state index < -0.39 is 0 Å². The topological polar surface area (TPSA) is 57.8 Å². The summed E-state index contributed by atoms with van der Waals surface area (Å²) in [7, 11) is 0. The van der Waals surface area contributed by atoms with Gasteiger partial charge in [-0.25, -0.2) is 4.98 Å². The molecule has 1 aromatic heterocycles. The molecular weight excluding hydrogens is 226 g/mol. The summed E-state index contributed by atoms with van der Waals surface area (Å²) < 4.78 is 0. The molecule has 2 atom stereocenters. The number of aromatic amines is 1. The third-order valence-corrected chi connectivity index (χ3v) is 3.48. The first kappa shape index (κ1) is 11.5. The number of rotatable bonds is 2. The Morgan fingerprint density at radius 3 is 3.00 bits per heavy atom. The van der Waals surface area contributed by atoms with E-state index in [0.717, 1.165) is 19.3 Å². The van der Waals surface area contributed by atoms with Gasteiger partial charge in [0.1, 0.15) is 0 Å². The average Bonchev–Trinajstić information content (AvgIpc) is 2.48. The van der Waals surface area contributed by atoms with Crippen molar-refractivity contribution < 1.29 is 0 Å². The van der Waals surface area contributed by atoms with Crippen LogP contribution in [0.15, 0.2) is 17.2 Å². The summed E-state index contributed by atoms with van der Waals surface area (Å²) in [5, 5.41) is 3.24. The molecule has 1 aromatic rings. The van der Waals surface area contributed by atoms with Crippen molar-refractivity contribution in [1.82, 2.24) is 9.97 Å². The number of nitrogens with zero attached hydrogens (tertiary/aromatic N) is 1. The number of aromatic nitrogens is 2. The number of hydrogen-bond acceptors (Lipinski definition) is 3. The Balaban J connectivity index is 2.08. The first-order chi connectivity index (χ1) is 7.77. The van der Waals surface area contributed by atoms with Gasteiger partial charge in [-0.3, -0.25) is 4.79 Å². The Bertz CT molecular complexity index is 393. The molecule has 2 unspecified atom stereocenters. The standard InChI is InChI=1S/C11H16ClN3O/c12-8-4-2-1-3-5-9(8)15-10-11(16)14-7-6-13-10/h6-9H,1-5H2,(H,13,15)(H,14,16). The van der Waals surface area contributed by atoms with Crippen LogP contribution in [0.5, 0.6) is 0 Å². The first-order valence-electron chi connectivity index (χ1n) is 5.71. The van der Waals surface area contributed by atoms with E-state index in [2.05, 4.69) is 15.3 Å². The molecule has 0 radical (unpaired) electrons. The minimum atomic E-state index is -0.185. The third kappa shape index (κ3) is 2.76. The van der Waals surface area contributed by atoms with Gasteiger partial charge in [0.05, 0.1) is 5.38 Å². The number of halogens is 1. The second kappa shape index (κ2) is 5.34. The Morgan fingerprint density at radius 2 is 2.19 bits per heavy atom. The van der Waals surface area contributed by atoms with Crippen LogP contribution in [-0.2, 0) is 0 Å². The third-order valence-electron chi connectivity index (χ3n) is 2.96. The molecule has 1 aliphatic rings. The molecule has 0 amide bonds. The van der Waals surface area contributed by atoms with Crippen LogP contribution >= 0.6 is 11.6 Å². The normalized spacial score (nSPS) is 26.1. The molecule has 5 heteroatoms. The van der Waals surface area contributed by atoms with Gasteiger partial charge in [0.25, 0.3) is 5.56 Å². The maximum absolute atomic E-state index is 11.5. The lowest BCUT2D eigenvalue weighted by Gasteiger charge is -2.20. The maximum atomic E-state index is 11.5. The van der Waals surface area contributed by atoms with Crippen molar-refractivity contribution in [1.29, 1.82) is 0 Å². The number of H-pyrrole nitrogens is 1. The number of anilines is 1. The molecule has 88 valence electrons. The number of hydrogen-bond donors (Lipinski definition) is 2. The minimum absolute atomic E-state index is 0.0870. The lowest BCUT2D eigenvalue weighted by Crippen LogP contribution is -2.32. The Hall–Kier alpha value is -1.03. The lowest BCUT2D eigenvalue weighted by molar-refractivity contribution is 0.623. The van der Waals surface area contributed by atoms with E-state index in [-0.39, 0.29) is 17.0 Å². The predicted molar refractivity (Wildman–Crippen MR) is 65.0 cm³/mol. The quantitative estimate of drug-likeness (QED) is 0.616. The van der Waals surface area contributed by atoms with Crippen LogP contribution in [-0.4, -0.2) is 21.4 Å². The Morgan fingerprint density at radius 1 is 1.38 bits per heavy atom. The molecule has 1 saturated carbocycles. The zero-order valence-electron chi connectivity index (χ0n) is 9.08. The van der Waals surface area contributed by atoms with E-state index in [1.807, 2.05) is 0 Å². The fourth-order valence-corrected chi connectivity index (χ4v) is 2.40. The van der Waals surface area contributed by atoms with Crippen LogP contribution < -0.4 is 10.9 Å². The molecule has 0 aromatic carbocycles. The molecule has 0 aliphatic heterocycles. The number of nitrogens with one attached hydrogen (secondary N) is 2. The smallest absolute Gasteiger partial charge is 0.290 e. The van der Waals surface area contributed by atoms with Crippen molar-refractivity contribution in [3.8, 4) is 0 Å². The fourth-order valence-electron chi connectivity index (χ4n) is 2.06. The number of alkyl halides is 1. The highest BCUT2D eigenvalue weighted by Crippen LogP contribution is 2.23. The van der Waals surface area contributed by atoms with Gasteiger partial charge in [-0.15, -0.1) is 11.6 Å². The summed E-state index contributed by atoms with van der Waals surface area (Å²) in [6, 6.07) is 0.153. The molecule has 4 nitrogen and oxygen atoms in total. The highest BCUT2D eigenvalue weighted by atomic mass is 35.5. The summed E-state index contributed by atoms with van der Waals surface area (Å²) in [5.74, 6) is 0.375. The van der Waals surface area contributed by atoms with Crippen LogP contribution in [0.25, 0.3) is 0 Å². The van der Waals surface area contributed by atoms with E-state index in [1.165, 1.54) is 19.0 Å². The highest BCUT2D eigenvalue weighted by molar-refractivity contribution is 6.21. The van der Waals surface area contributed by atoms with Gasteiger partial charge in [0.2, 0.25) is 0 Å². The van der Waals surface area contributed by atoms with Gasteiger partial charge in [-0.05, 0) is 12.8 Å². The van der Waals surface area contributed by atoms with E-state index in [4.69, 9.17) is 11.6 Å². The van der Waals surface area contributed by atoms with Crippen molar-refractivity contribution >= 4 is 17.4 Å². The van der Waals surface area contributed by atoms with Crippen molar-refractivity contribution in [3.63, 3.8) is 0 Å². The molecule has 2 rings (SSSR count). The molecule has 0 saturated heterocycles. The zero-order chi connectivity index (χ0) is 11.4. The summed E-state index contributed by atoms with van der Waals surface area (Å²) in [6.07, 6.45) is 8.66. The molecule has 1 fully saturated rings. The predicted octanol–water partition coefficient (Wildman–Crippen LogP) is 2.12. The van der Waals surface area contributed by atoms with Crippen LogP contribution in [0.2, 0.25) is 0 Å². The first-order valence-corrected chi connectivity index (χ1v) is 6.15. The van der Waals surface area contributed by atoms with Crippen LogP contribution in [0.4, 0.5) is 5.82 Å². The molecule has 16 heavy (non-hydrogen) atoms. The molecule has 0 bridgehead atoms. The molecule has 1 heterocycles. The van der Waals surface area contributed by atoms with Crippen LogP contribution in [0.1, 0.15) is 32.1 Å². The average molecular weight is 242 g/mol. The second-order valence-corrected chi connectivity index (χ2v) is 4.73. The maximum Gasteiger partial charge on any atom is 0.290 e. The van der Waals surface area contributed by atoms with Gasteiger partial charge < -0.3 is 10.3 Å². The van der Waals surface area contributed by atoms with Gasteiger partial charge in [-0.2, -0.15) is 0 Å². The van der Waals surface area contributed by atoms with Gasteiger partial charge in [-0.1, -0.05) is 19.3 Å². The van der Waals surface area contributed by atoms with Crippen molar-refractivity contribution in [3.05, 3.63) is 22.7 Å². The van der Waals surface area contributed by atoms with E-state index >= 15 is 0 Å².